The molecule has 0 atom stereocenters. The second-order valence-electron chi connectivity index (χ2n) is 8.35. The number of hydrogen-bond donors (Lipinski definition) is 3. The van der Waals surface area contributed by atoms with Gasteiger partial charge in [-0.15, -0.1) is 0 Å². The van der Waals surface area contributed by atoms with Crippen LogP contribution in [0.2, 0.25) is 10.0 Å². The van der Waals surface area contributed by atoms with Crippen LogP contribution in [0.1, 0.15) is 34.6 Å². The standard InChI is InChI=1S/C23H22Cl2FN5O3/c1-13-11-18(30-29-13)28-20-17(25)6-5-14(27-20)12-23(22(33)34)7-9-31(10-8-23)21(32)15-3-2-4-16(24)19(15)26/h2-6,11H,7-10,12H2,1H3,(H,33,34)(H2,27,28,29,30). The van der Waals surface area contributed by atoms with Crippen molar-refractivity contribution in [1.29, 1.82) is 0 Å². The van der Waals surface area contributed by atoms with Crippen molar-refractivity contribution >= 4 is 46.7 Å². The first-order valence-corrected chi connectivity index (χ1v) is 11.4. The zero-order chi connectivity index (χ0) is 24.5. The molecule has 1 aliphatic heterocycles. The van der Waals surface area contributed by atoms with Gasteiger partial charge in [0.05, 0.1) is 21.0 Å². The Morgan fingerprint density at radius 1 is 1.21 bits per heavy atom. The normalized spacial score (nSPS) is 15.2. The molecule has 2 aromatic heterocycles. The van der Waals surface area contributed by atoms with Crippen LogP contribution in [0.4, 0.5) is 16.0 Å². The third-order valence-corrected chi connectivity index (χ3v) is 6.62. The van der Waals surface area contributed by atoms with Crippen LogP contribution < -0.4 is 5.32 Å². The largest absolute Gasteiger partial charge is 0.481 e. The highest BCUT2D eigenvalue weighted by molar-refractivity contribution is 6.33. The maximum atomic E-state index is 14.3. The van der Waals surface area contributed by atoms with E-state index >= 15 is 0 Å². The summed E-state index contributed by atoms with van der Waals surface area (Å²) in [6, 6.07) is 9.38. The van der Waals surface area contributed by atoms with E-state index in [4.69, 9.17) is 23.2 Å². The number of rotatable bonds is 6. The summed E-state index contributed by atoms with van der Waals surface area (Å²) in [5.74, 6) is -1.35. The topological polar surface area (TPSA) is 111 Å². The quantitative estimate of drug-likeness (QED) is 0.441. The lowest BCUT2D eigenvalue weighted by atomic mass is 9.74. The first-order valence-electron chi connectivity index (χ1n) is 10.6. The summed E-state index contributed by atoms with van der Waals surface area (Å²) in [7, 11) is 0. The minimum absolute atomic E-state index is 0.126. The molecule has 11 heteroatoms. The van der Waals surface area contributed by atoms with E-state index in [1.807, 2.05) is 6.92 Å². The third kappa shape index (κ3) is 4.85. The fourth-order valence-electron chi connectivity index (χ4n) is 4.06. The first kappa shape index (κ1) is 24.0. The molecule has 8 nitrogen and oxygen atoms in total. The number of hydrogen-bond acceptors (Lipinski definition) is 5. The number of carboxylic acids is 1. The fourth-order valence-corrected chi connectivity index (χ4v) is 4.39. The number of aliphatic carboxylic acids is 1. The zero-order valence-electron chi connectivity index (χ0n) is 18.2. The maximum Gasteiger partial charge on any atom is 0.310 e. The molecule has 1 aliphatic rings. The van der Waals surface area contributed by atoms with Crippen molar-refractivity contribution < 1.29 is 19.1 Å². The monoisotopic (exact) mass is 505 g/mol. The van der Waals surface area contributed by atoms with Crippen LogP contribution in [0.5, 0.6) is 0 Å². The van der Waals surface area contributed by atoms with Crippen molar-refractivity contribution in [3.63, 3.8) is 0 Å². The van der Waals surface area contributed by atoms with Crippen LogP contribution in [0.15, 0.2) is 36.4 Å². The van der Waals surface area contributed by atoms with E-state index in [9.17, 15) is 19.1 Å². The number of nitrogens with zero attached hydrogens (tertiary/aromatic N) is 3. The second kappa shape index (κ2) is 9.60. The molecule has 3 N–H and O–H groups in total. The van der Waals surface area contributed by atoms with Crippen LogP contribution in [-0.2, 0) is 11.2 Å². The highest BCUT2D eigenvalue weighted by atomic mass is 35.5. The van der Waals surface area contributed by atoms with Gasteiger partial charge in [0.1, 0.15) is 0 Å². The van der Waals surface area contributed by atoms with Gasteiger partial charge in [-0.3, -0.25) is 14.7 Å². The number of carbonyl (C=O) groups excluding carboxylic acids is 1. The van der Waals surface area contributed by atoms with E-state index in [2.05, 4.69) is 20.5 Å². The van der Waals surface area contributed by atoms with Gasteiger partial charge in [-0.1, -0.05) is 29.3 Å². The van der Waals surface area contributed by atoms with Gasteiger partial charge in [-0.2, -0.15) is 5.10 Å². The van der Waals surface area contributed by atoms with Crippen LogP contribution in [0, 0.1) is 18.2 Å². The first-order chi connectivity index (χ1) is 16.2. The van der Waals surface area contributed by atoms with Crippen molar-refractivity contribution in [3.8, 4) is 0 Å². The number of pyridine rings is 1. The molecule has 4 rings (SSSR count). The van der Waals surface area contributed by atoms with E-state index in [0.717, 1.165) is 5.69 Å². The number of carboxylic acid groups (broad SMARTS) is 1. The van der Waals surface area contributed by atoms with Crippen LogP contribution in [-0.4, -0.2) is 50.2 Å². The molecule has 0 saturated carbocycles. The Balaban J connectivity index is 1.50. The van der Waals surface area contributed by atoms with Crippen molar-refractivity contribution in [2.45, 2.75) is 26.2 Å². The molecule has 0 spiro atoms. The Kier molecular flexibility index (Phi) is 6.77. The number of aromatic nitrogens is 3. The maximum absolute atomic E-state index is 14.3. The van der Waals surface area contributed by atoms with Crippen molar-refractivity contribution in [1.82, 2.24) is 20.1 Å². The summed E-state index contributed by atoms with van der Waals surface area (Å²) in [6.45, 7) is 2.20. The molecule has 1 saturated heterocycles. The summed E-state index contributed by atoms with van der Waals surface area (Å²) in [6.07, 6.45) is 0.547. The molecule has 178 valence electrons. The molecular weight excluding hydrogens is 484 g/mol. The Bertz CT molecular complexity index is 1240. The van der Waals surface area contributed by atoms with Crippen molar-refractivity contribution in [2.24, 2.45) is 5.41 Å². The summed E-state index contributed by atoms with van der Waals surface area (Å²) in [5.41, 5.74) is 0.157. The van der Waals surface area contributed by atoms with E-state index < -0.39 is 23.1 Å². The third-order valence-electron chi connectivity index (χ3n) is 6.02. The van der Waals surface area contributed by atoms with Crippen LogP contribution >= 0.6 is 23.2 Å². The Hall–Kier alpha value is -3.17. The van der Waals surface area contributed by atoms with Gasteiger partial charge in [-0.25, -0.2) is 9.37 Å². The summed E-state index contributed by atoms with van der Waals surface area (Å²) in [4.78, 5) is 31.1. The number of halogens is 3. The highest BCUT2D eigenvalue weighted by Gasteiger charge is 2.43. The number of carbonyl (C=O) groups is 2. The van der Waals surface area contributed by atoms with Crippen molar-refractivity contribution in [2.75, 3.05) is 18.4 Å². The van der Waals surface area contributed by atoms with Crippen LogP contribution in [0.25, 0.3) is 0 Å². The molecule has 1 amide bonds. The molecule has 1 aromatic carbocycles. The number of aromatic amines is 1. The minimum atomic E-state index is -1.12. The zero-order valence-corrected chi connectivity index (χ0v) is 19.8. The summed E-state index contributed by atoms with van der Waals surface area (Å²) in [5, 5.41) is 20.3. The van der Waals surface area contributed by atoms with Crippen LogP contribution in [0.3, 0.4) is 0 Å². The molecule has 0 bridgehead atoms. The number of piperidine rings is 1. The fraction of sp³-hybridized carbons (Fsp3) is 0.304. The van der Waals surface area contributed by atoms with Gasteiger partial charge in [0.2, 0.25) is 0 Å². The highest BCUT2D eigenvalue weighted by Crippen LogP contribution is 2.37. The van der Waals surface area contributed by atoms with Gasteiger partial charge >= 0.3 is 5.97 Å². The van der Waals surface area contributed by atoms with Gasteiger partial charge in [0, 0.05) is 37.0 Å². The molecule has 1 fully saturated rings. The minimum Gasteiger partial charge on any atom is -0.481 e. The Morgan fingerprint density at radius 3 is 2.59 bits per heavy atom. The lowest BCUT2D eigenvalue weighted by molar-refractivity contribution is -0.151. The van der Waals surface area contributed by atoms with E-state index in [1.165, 1.54) is 23.1 Å². The number of nitrogens with one attached hydrogen (secondary N) is 2. The molecule has 34 heavy (non-hydrogen) atoms. The molecule has 3 aromatic rings. The van der Waals surface area contributed by atoms with Gasteiger partial charge in [-0.05, 0) is 44.0 Å². The molecular formula is C23H22Cl2FN5O3. The number of aryl methyl sites for hydroxylation is 1. The molecule has 0 radical (unpaired) electrons. The van der Waals surface area contributed by atoms with Gasteiger partial charge in [0.15, 0.2) is 17.5 Å². The number of H-pyrrole nitrogens is 1. The average Bonchev–Trinajstić information content (AvgIpc) is 3.22. The molecule has 3 heterocycles. The van der Waals surface area contributed by atoms with E-state index in [-0.39, 0.29) is 42.9 Å². The number of benzene rings is 1. The second-order valence-corrected chi connectivity index (χ2v) is 9.16. The Morgan fingerprint density at radius 2 is 1.94 bits per heavy atom. The predicted octanol–water partition coefficient (Wildman–Crippen LogP) is 4.85. The number of anilines is 2. The molecule has 0 unspecified atom stereocenters. The van der Waals surface area contributed by atoms with Crippen molar-refractivity contribution in [3.05, 3.63) is 69.2 Å². The Labute approximate surface area is 205 Å². The smallest absolute Gasteiger partial charge is 0.310 e. The predicted molar refractivity (Wildman–Crippen MR) is 126 cm³/mol. The summed E-state index contributed by atoms with van der Waals surface area (Å²) < 4.78 is 14.3. The van der Waals surface area contributed by atoms with E-state index in [1.54, 1.807) is 18.2 Å². The van der Waals surface area contributed by atoms with Gasteiger partial charge in [0.25, 0.3) is 5.91 Å². The molecule has 0 aliphatic carbocycles. The number of likely N-dealkylation sites (tertiary alicyclic amines) is 1. The lowest BCUT2D eigenvalue weighted by Crippen LogP contribution is -2.47. The average molecular weight is 506 g/mol. The van der Waals surface area contributed by atoms with Gasteiger partial charge < -0.3 is 15.3 Å². The van der Waals surface area contributed by atoms with E-state index in [0.29, 0.717) is 22.4 Å². The SMILES string of the molecule is Cc1cc(Nc2nc(CC3(C(=O)O)CCN(C(=O)c4cccc(Cl)c4F)CC3)ccc2Cl)n[nH]1. The number of amides is 1. The summed E-state index contributed by atoms with van der Waals surface area (Å²) >= 11 is 12.1. The lowest BCUT2D eigenvalue weighted by Gasteiger charge is -2.39.